The van der Waals surface area contributed by atoms with Gasteiger partial charge in [0.25, 0.3) is 0 Å². The quantitative estimate of drug-likeness (QED) is 0.249. The molecule has 3 rings (SSSR count). The van der Waals surface area contributed by atoms with E-state index in [0.29, 0.717) is 18.7 Å². The highest BCUT2D eigenvalue weighted by Gasteiger charge is 2.30. The molecule has 3 aromatic rings. The SMILES string of the molecule is CC(C)CNC(=O)[C@H](Cc1ccccc1)N(Cc1cccc(Br)c1)C(=O)CCCN(c1ccc(F)cc1)S(C)(=O)=O. The first-order chi connectivity index (χ1) is 19.4. The van der Waals surface area contributed by atoms with E-state index in [2.05, 4.69) is 21.2 Å². The number of anilines is 1. The van der Waals surface area contributed by atoms with Crippen LogP contribution in [0.4, 0.5) is 10.1 Å². The molecule has 0 saturated carbocycles. The Balaban J connectivity index is 1.87. The molecule has 7 nitrogen and oxygen atoms in total. The summed E-state index contributed by atoms with van der Waals surface area (Å²) < 4.78 is 40.5. The van der Waals surface area contributed by atoms with Crippen molar-refractivity contribution >= 4 is 43.5 Å². The Morgan fingerprint density at radius 3 is 2.22 bits per heavy atom. The van der Waals surface area contributed by atoms with E-state index in [1.54, 1.807) is 4.90 Å². The molecule has 0 saturated heterocycles. The number of rotatable bonds is 14. The second-order valence-corrected chi connectivity index (χ2v) is 13.2. The summed E-state index contributed by atoms with van der Waals surface area (Å²) in [5.74, 6) is -0.743. The van der Waals surface area contributed by atoms with Gasteiger partial charge < -0.3 is 10.2 Å². The van der Waals surface area contributed by atoms with Crippen LogP contribution in [-0.2, 0) is 32.6 Å². The molecule has 10 heteroatoms. The molecular formula is C31H37BrFN3O4S. The van der Waals surface area contributed by atoms with Crippen molar-refractivity contribution in [3.8, 4) is 0 Å². The maximum Gasteiger partial charge on any atom is 0.243 e. The molecular weight excluding hydrogens is 609 g/mol. The van der Waals surface area contributed by atoms with Crippen LogP contribution >= 0.6 is 15.9 Å². The Hall–Kier alpha value is -3.24. The van der Waals surface area contributed by atoms with Crippen molar-refractivity contribution in [2.75, 3.05) is 23.7 Å². The van der Waals surface area contributed by atoms with Crippen LogP contribution in [0.5, 0.6) is 0 Å². The van der Waals surface area contributed by atoms with Crippen LogP contribution in [0.2, 0.25) is 0 Å². The van der Waals surface area contributed by atoms with Gasteiger partial charge in [-0.25, -0.2) is 12.8 Å². The standard InChI is InChI=1S/C31H37BrFN3O4S/c1-23(2)21-34-31(38)29(20-24-9-5-4-6-10-24)35(22-25-11-7-12-26(32)19-25)30(37)13-8-18-36(41(3,39)40)28-16-14-27(33)15-17-28/h4-7,9-12,14-17,19,23,29H,8,13,18,20-22H2,1-3H3,(H,34,38)/t29-/m0/s1. The molecule has 1 atom stereocenters. The van der Waals surface area contributed by atoms with Gasteiger partial charge in [-0.3, -0.25) is 13.9 Å². The van der Waals surface area contributed by atoms with E-state index >= 15 is 0 Å². The molecule has 41 heavy (non-hydrogen) atoms. The lowest BCUT2D eigenvalue weighted by Crippen LogP contribution is -2.51. The number of carbonyl (C=O) groups excluding carboxylic acids is 2. The number of carbonyl (C=O) groups is 2. The zero-order valence-corrected chi connectivity index (χ0v) is 26.0. The van der Waals surface area contributed by atoms with E-state index in [9.17, 15) is 22.4 Å². The van der Waals surface area contributed by atoms with Gasteiger partial charge in [0.15, 0.2) is 0 Å². The van der Waals surface area contributed by atoms with E-state index in [1.807, 2.05) is 68.4 Å². The molecule has 2 amide bonds. The smallest absolute Gasteiger partial charge is 0.243 e. The van der Waals surface area contributed by atoms with Crippen LogP contribution in [0.25, 0.3) is 0 Å². The third kappa shape index (κ3) is 10.3. The van der Waals surface area contributed by atoms with Crippen molar-refractivity contribution in [2.24, 2.45) is 5.92 Å². The Kier molecular flexibility index (Phi) is 11.9. The first-order valence-electron chi connectivity index (χ1n) is 13.5. The highest BCUT2D eigenvalue weighted by molar-refractivity contribution is 9.10. The largest absolute Gasteiger partial charge is 0.354 e. The monoisotopic (exact) mass is 645 g/mol. The lowest BCUT2D eigenvalue weighted by Gasteiger charge is -2.32. The van der Waals surface area contributed by atoms with Gasteiger partial charge in [0.1, 0.15) is 11.9 Å². The average molecular weight is 647 g/mol. The molecule has 0 aliphatic heterocycles. The summed E-state index contributed by atoms with van der Waals surface area (Å²) in [6.07, 6.45) is 1.64. The predicted molar refractivity (Wildman–Crippen MR) is 164 cm³/mol. The normalized spacial score (nSPS) is 12.1. The number of hydrogen-bond donors (Lipinski definition) is 1. The number of sulfonamides is 1. The molecule has 0 unspecified atom stereocenters. The molecule has 0 radical (unpaired) electrons. The number of nitrogens with zero attached hydrogens (tertiary/aromatic N) is 2. The van der Waals surface area contributed by atoms with Crippen molar-refractivity contribution in [1.82, 2.24) is 10.2 Å². The van der Waals surface area contributed by atoms with Gasteiger partial charge in [0.05, 0.1) is 11.9 Å². The topological polar surface area (TPSA) is 86.8 Å². The second-order valence-electron chi connectivity index (χ2n) is 10.4. The van der Waals surface area contributed by atoms with Gasteiger partial charge in [0.2, 0.25) is 21.8 Å². The zero-order valence-electron chi connectivity index (χ0n) is 23.6. The van der Waals surface area contributed by atoms with E-state index in [4.69, 9.17) is 0 Å². The lowest BCUT2D eigenvalue weighted by atomic mass is 10.0. The van der Waals surface area contributed by atoms with Crippen molar-refractivity contribution in [1.29, 1.82) is 0 Å². The van der Waals surface area contributed by atoms with Crippen LogP contribution in [0.3, 0.4) is 0 Å². The number of amides is 2. The van der Waals surface area contributed by atoms with Gasteiger partial charge >= 0.3 is 0 Å². The highest BCUT2D eigenvalue weighted by Crippen LogP contribution is 2.21. The Labute approximate surface area is 250 Å². The van der Waals surface area contributed by atoms with Crippen molar-refractivity contribution < 1.29 is 22.4 Å². The van der Waals surface area contributed by atoms with E-state index in [0.717, 1.165) is 26.2 Å². The van der Waals surface area contributed by atoms with Crippen molar-refractivity contribution in [3.63, 3.8) is 0 Å². The van der Waals surface area contributed by atoms with Gasteiger partial charge in [-0.05, 0) is 59.9 Å². The molecule has 3 aromatic carbocycles. The highest BCUT2D eigenvalue weighted by atomic mass is 79.9. The van der Waals surface area contributed by atoms with Crippen LogP contribution in [0.1, 0.15) is 37.8 Å². The minimum Gasteiger partial charge on any atom is -0.354 e. The summed E-state index contributed by atoms with van der Waals surface area (Å²) >= 11 is 3.48. The van der Waals surface area contributed by atoms with Gasteiger partial charge in [-0.15, -0.1) is 0 Å². The summed E-state index contributed by atoms with van der Waals surface area (Å²) in [5.41, 5.74) is 2.10. The van der Waals surface area contributed by atoms with E-state index in [1.165, 1.54) is 24.3 Å². The van der Waals surface area contributed by atoms with Gasteiger partial charge in [0, 0.05) is 36.9 Å². The predicted octanol–water partition coefficient (Wildman–Crippen LogP) is 5.55. The molecule has 1 N–H and O–H groups in total. The Morgan fingerprint density at radius 1 is 0.951 bits per heavy atom. The fraction of sp³-hybridized carbons (Fsp3) is 0.355. The molecule has 0 aromatic heterocycles. The number of hydrogen-bond acceptors (Lipinski definition) is 4. The van der Waals surface area contributed by atoms with Crippen molar-refractivity contribution in [3.05, 3.63) is 100 Å². The minimum atomic E-state index is -3.67. The Morgan fingerprint density at radius 2 is 1.61 bits per heavy atom. The molecule has 0 aliphatic rings. The average Bonchev–Trinajstić information content (AvgIpc) is 2.92. The maximum absolute atomic E-state index is 13.8. The number of benzene rings is 3. The summed E-state index contributed by atoms with van der Waals surface area (Å²) in [7, 11) is -3.67. The van der Waals surface area contributed by atoms with Gasteiger partial charge in [-0.2, -0.15) is 0 Å². The second kappa shape index (κ2) is 15.1. The summed E-state index contributed by atoms with van der Waals surface area (Å²) in [5, 5.41) is 2.99. The molecule has 0 fully saturated rings. The van der Waals surface area contributed by atoms with Crippen LogP contribution < -0.4 is 9.62 Å². The first-order valence-corrected chi connectivity index (χ1v) is 16.2. The fourth-order valence-electron chi connectivity index (χ4n) is 4.42. The summed E-state index contributed by atoms with van der Waals surface area (Å²) in [6.45, 7) is 4.73. The molecule has 220 valence electrons. The number of nitrogens with one attached hydrogen (secondary N) is 1. The summed E-state index contributed by atoms with van der Waals surface area (Å²) in [6, 6.07) is 21.5. The van der Waals surface area contributed by atoms with Crippen molar-refractivity contribution in [2.45, 2.75) is 45.7 Å². The minimum absolute atomic E-state index is 0.0178. The van der Waals surface area contributed by atoms with Crippen LogP contribution in [-0.4, -0.2) is 50.5 Å². The van der Waals surface area contributed by atoms with E-state index in [-0.39, 0.29) is 43.7 Å². The third-order valence-corrected chi connectivity index (χ3v) is 8.15. The zero-order chi connectivity index (χ0) is 30.0. The van der Waals surface area contributed by atoms with Gasteiger partial charge in [-0.1, -0.05) is 72.2 Å². The summed E-state index contributed by atoms with van der Waals surface area (Å²) in [4.78, 5) is 29.0. The Bertz CT molecular complexity index is 1400. The molecule has 0 aliphatic carbocycles. The lowest BCUT2D eigenvalue weighted by molar-refractivity contribution is -0.141. The first kappa shape index (κ1) is 32.3. The third-order valence-electron chi connectivity index (χ3n) is 6.46. The molecule has 0 heterocycles. The molecule has 0 bridgehead atoms. The number of halogens is 2. The van der Waals surface area contributed by atoms with E-state index < -0.39 is 21.9 Å². The fourth-order valence-corrected chi connectivity index (χ4v) is 5.83. The van der Waals surface area contributed by atoms with Crippen LogP contribution in [0, 0.1) is 11.7 Å². The molecule has 0 spiro atoms. The van der Waals surface area contributed by atoms with Crippen LogP contribution in [0.15, 0.2) is 83.3 Å². The maximum atomic E-state index is 13.8.